The van der Waals surface area contributed by atoms with Crippen LogP contribution in [0.3, 0.4) is 0 Å². The van der Waals surface area contributed by atoms with Crippen molar-refractivity contribution in [3.8, 4) is 0 Å². The number of nitrogens with one attached hydrogen (secondary N) is 2. The van der Waals surface area contributed by atoms with Gasteiger partial charge in [0.05, 0.1) is 11.1 Å². The number of allylic oxidation sites excluding steroid dienone is 6. The SMILES string of the molecule is CCCNC1=C2C(=O)C=CC(NC)=C2C(=O)C=C1. The molecule has 0 aromatic rings. The number of fused-ring (bicyclic) bond motifs is 1. The molecule has 18 heavy (non-hydrogen) atoms. The number of hydrogen-bond acceptors (Lipinski definition) is 4. The van der Waals surface area contributed by atoms with Crippen LogP contribution in [0.2, 0.25) is 0 Å². The highest BCUT2D eigenvalue weighted by atomic mass is 16.1. The molecule has 0 bridgehead atoms. The van der Waals surface area contributed by atoms with Crippen molar-refractivity contribution in [3.63, 3.8) is 0 Å². The van der Waals surface area contributed by atoms with Crippen LogP contribution < -0.4 is 10.6 Å². The Bertz CT molecular complexity index is 522. The first-order chi connectivity index (χ1) is 8.69. The molecule has 0 unspecified atom stereocenters. The Morgan fingerprint density at radius 1 is 0.944 bits per heavy atom. The summed E-state index contributed by atoms with van der Waals surface area (Å²) < 4.78 is 0. The van der Waals surface area contributed by atoms with E-state index in [1.165, 1.54) is 12.2 Å². The van der Waals surface area contributed by atoms with E-state index in [2.05, 4.69) is 10.6 Å². The first kappa shape index (κ1) is 12.4. The number of carbonyl (C=O) groups is 2. The van der Waals surface area contributed by atoms with Crippen LogP contribution in [0.25, 0.3) is 0 Å². The van der Waals surface area contributed by atoms with Crippen LogP contribution in [0, 0.1) is 0 Å². The van der Waals surface area contributed by atoms with Gasteiger partial charge < -0.3 is 10.6 Å². The third-order valence-corrected chi connectivity index (χ3v) is 2.92. The summed E-state index contributed by atoms with van der Waals surface area (Å²) in [6.45, 7) is 2.82. The summed E-state index contributed by atoms with van der Waals surface area (Å²) in [5.41, 5.74) is 2.36. The lowest BCUT2D eigenvalue weighted by molar-refractivity contribution is -0.114. The molecule has 0 saturated heterocycles. The van der Waals surface area contributed by atoms with E-state index < -0.39 is 0 Å². The van der Waals surface area contributed by atoms with Gasteiger partial charge in [0.2, 0.25) is 0 Å². The van der Waals surface area contributed by atoms with Crippen molar-refractivity contribution in [2.24, 2.45) is 0 Å². The molecule has 2 rings (SSSR count). The van der Waals surface area contributed by atoms with E-state index in [9.17, 15) is 9.59 Å². The topological polar surface area (TPSA) is 58.2 Å². The molecule has 2 N–H and O–H groups in total. The predicted octanol–water partition coefficient (Wildman–Crippen LogP) is 0.991. The Morgan fingerprint density at radius 3 is 2.06 bits per heavy atom. The second kappa shape index (κ2) is 5.04. The molecular weight excluding hydrogens is 228 g/mol. The number of carbonyl (C=O) groups excluding carboxylic acids is 2. The van der Waals surface area contributed by atoms with Gasteiger partial charge >= 0.3 is 0 Å². The molecule has 0 radical (unpaired) electrons. The summed E-state index contributed by atoms with van der Waals surface area (Å²) in [5.74, 6) is -0.255. The van der Waals surface area contributed by atoms with Gasteiger partial charge in [-0.2, -0.15) is 0 Å². The lowest BCUT2D eigenvalue weighted by atomic mass is 9.86. The van der Waals surface area contributed by atoms with Gasteiger partial charge in [0.15, 0.2) is 11.6 Å². The minimum Gasteiger partial charge on any atom is -0.388 e. The van der Waals surface area contributed by atoms with E-state index in [1.807, 2.05) is 6.92 Å². The molecule has 94 valence electrons. The summed E-state index contributed by atoms with van der Waals surface area (Å²) in [6.07, 6.45) is 7.28. The van der Waals surface area contributed by atoms with E-state index >= 15 is 0 Å². The van der Waals surface area contributed by atoms with Gasteiger partial charge in [-0.05, 0) is 30.7 Å². The normalized spacial score (nSPS) is 18.3. The summed E-state index contributed by atoms with van der Waals surface area (Å²) in [5, 5.41) is 6.14. The van der Waals surface area contributed by atoms with Crippen LogP contribution in [0.1, 0.15) is 13.3 Å². The van der Waals surface area contributed by atoms with Crippen LogP contribution in [0.15, 0.2) is 46.8 Å². The number of rotatable bonds is 4. The molecule has 0 spiro atoms. The fraction of sp³-hybridized carbons (Fsp3) is 0.286. The standard InChI is InChI=1S/C14H16N2O2/c1-3-8-16-10-5-7-11(17)13-9(15-2)4-6-12(18)14(10)13/h4-7,15-16H,3,8H2,1-2H3. The van der Waals surface area contributed by atoms with Gasteiger partial charge in [0, 0.05) is 25.0 Å². The fourth-order valence-electron chi connectivity index (χ4n) is 2.05. The first-order valence-electron chi connectivity index (χ1n) is 6.04. The zero-order chi connectivity index (χ0) is 13.1. The molecule has 0 aromatic heterocycles. The highest BCUT2D eigenvalue weighted by molar-refractivity contribution is 6.23. The maximum atomic E-state index is 12.0. The van der Waals surface area contributed by atoms with E-state index in [4.69, 9.17) is 0 Å². The molecule has 0 aliphatic heterocycles. The minimum absolute atomic E-state index is 0.125. The average molecular weight is 244 g/mol. The van der Waals surface area contributed by atoms with E-state index in [1.54, 1.807) is 19.2 Å². The summed E-state index contributed by atoms with van der Waals surface area (Å²) in [4.78, 5) is 23.9. The number of likely N-dealkylation sites (N-methyl/N-ethyl adjacent to an activating group) is 1. The Labute approximate surface area is 106 Å². The quantitative estimate of drug-likeness (QED) is 0.774. The number of ketones is 2. The van der Waals surface area contributed by atoms with Crippen molar-refractivity contribution < 1.29 is 9.59 Å². The third kappa shape index (κ3) is 2.01. The zero-order valence-electron chi connectivity index (χ0n) is 10.5. The Morgan fingerprint density at radius 2 is 1.50 bits per heavy atom. The van der Waals surface area contributed by atoms with Crippen molar-refractivity contribution >= 4 is 11.6 Å². The summed E-state index contributed by atoms with van der Waals surface area (Å²) >= 11 is 0. The van der Waals surface area contributed by atoms with E-state index in [0.717, 1.165) is 18.7 Å². The summed E-state index contributed by atoms with van der Waals surface area (Å²) in [7, 11) is 1.74. The molecule has 0 atom stereocenters. The molecule has 0 heterocycles. The molecule has 4 nitrogen and oxygen atoms in total. The second-order valence-electron chi connectivity index (χ2n) is 4.15. The molecule has 4 heteroatoms. The van der Waals surface area contributed by atoms with Gasteiger partial charge in [0.25, 0.3) is 0 Å². The monoisotopic (exact) mass is 244 g/mol. The molecule has 0 aromatic carbocycles. The maximum absolute atomic E-state index is 12.0. The Hall–Kier alpha value is -2.10. The second-order valence-corrected chi connectivity index (χ2v) is 4.15. The average Bonchev–Trinajstić information content (AvgIpc) is 2.39. The van der Waals surface area contributed by atoms with Crippen LogP contribution >= 0.6 is 0 Å². The van der Waals surface area contributed by atoms with E-state index in [0.29, 0.717) is 16.8 Å². The Balaban J connectivity index is 2.52. The predicted molar refractivity (Wildman–Crippen MR) is 69.7 cm³/mol. The molecule has 0 saturated carbocycles. The highest BCUT2D eigenvalue weighted by Crippen LogP contribution is 2.28. The number of hydrogen-bond donors (Lipinski definition) is 2. The molecule has 2 aliphatic rings. The minimum atomic E-state index is -0.130. The maximum Gasteiger partial charge on any atom is 0.188 e. The van der Waals surface area contributed by atoms with Gasteiger partial charge in [-0.1, -0.05) is 6.92 Å². The first-order valence-corrected chi connectivity index (χ1v) is 6.04. The van der Waals surface area contributed by atoms with Gasteiger partial charge in [0.1, 0.15) is 0 Å². The van der Waals surface area contributed by atoms with Crippen LogP contribution in [0.5, 0.6) is 0 Å². The van der Waals surface area contributed by atoms with Crippen molar-refractivity contribution in [2.45, 2.75) is 13.3 Å². The largest absolute Gasteiger partial charge is 0.388 e. The zero-order valence-corrected chi connectivity index (χ0v) is 10.5. The molecule has 0 amide bonds. The van der Waals surface area contributed by atoms with Gasteiger partial charge in [-0.3, -0.25) is 9.59 Å². The van der Waals surface area contributed by atoms with Crippen molar-refractivity contribution in [3.05, 3.63) is 46.8 Å². The van der Waals surface area contributed by atoms with Crippen LogP contribution in [-0.2, 0) is 9.59 Å². The smallest absolute Gasteiger partial charge is 0.188 e. The molecular formula is C14H16N2O2. The molecule has 0 fully saturated rings. The summed E-state index contributed by atoms with van der Waals surface area (Å²) in [6, 6.07) is 0. The lowest BCUT2D eigenvalue weighted by Crippen LogP contribution is -2.28. The van der Waals surface area contributed by atoms with Crippen molar-refractivity contribution in [2.75, 3.05) is 13.6 Å². The van der Waals surface area contributed by atoms with Crippen LogP contribution in [0.4, 0.5) is 0 Å². The van der Waals surface area contributed by atoms with Crippen LogP contribution in [-0.4, -0.2) is 25.2 Å². The molecule has 2 aliphatic carbocycles. The van der Waals surface area contributed by atoms with Crippen molar-refractivity contribution in [1.82, 2.24) is 10.6 Å². The third-order valence-electron chi connectivity index (χ3n) is 2.92. The van der Waals surface area contributed by atoms with Crippen molar-refractivity contribution in [1.29, 1.82) is 0 Å². The Kier molecular flexibility index (Phi) is 3.46. The van der Waals surface area contributed by atoms with E-state index in [-0.39, 0.29) is 11.6 Å². The van der Waals surface area contributed by atoms with Gasteiger partial charge in [-0.25, -0.2) is 0 Å². The highest BCUT2D eigenvalue weighted by Gasteiger charge is 2.29. The van der Waals surface area contributed by atoms with Gasteiger partial charge in [-0.15, -0.1) is 0 Å². The fourth-order valence-corrected chi connectivity index (χ4v) is 2.05. The lowest BCUT2D eigenvalue weighted by Gasteiger charge is -2.22.